The highest BCUT2D eigenvalue weighted by molar-refractivity contribution is 6.30. The number of amides is 2. The second kappa shape index (κ2) is 9.18. The van der Waals surface area contributed by atoms with Crippen LogP contribution in [0.1, 0.15) is 34.7 Å². The molecular formula is C24H27ClN2O4. The second-order valence-electron chi connectivity index (χ2n) is 8.23. The van der Waals surface area contributed by atoms with Crippen molar-refractivity contribution in [3.05, 3.63) is 58.6 Å². The highest BCUT2D eigenvalue weighted by Gasteiger charge is 2.42. The van der Waals surface area contributed by atoms with Gasteiger partial charge < -0.3 is 19.7 Å². The van der Waals surface area contributed by atoms with Crippen LogP contribution in [-0.4, -0.2) is 50.6 Å². The molecule has 2 amide bonds. The lowest BCUT2D eigenvalue weighted by Crippen LogP contribution is -2.36. The Morgan fingerprint density at radius 3 is 2.58 bits per heavy atom. The molecule has 1 aliphatic heterocycles. The fourth-order valence-corrected chi connectivity index (χ4v) is 4.37. The van der Waals surface area contributed by atoms with Crippen molar-refractivity contribution in [1.29, 1.82) is 0 Å². The molecule has 7 heteroatoms. The Balaban J connectivity index is 1.63. The molecule has 0 radical (unpaired) electrons. The third kappa shape index (κ3) is 4.79. The fourth-order valence-electron chi connectivity index (χ4n) is 4.18. The first-order chi connectivity index (χ1) is 15.0. The Labute approximate surface area is 187 Å². The van der Waals surface area contributed by atoms with Crippen molar-refractivity contribution in [3.8, 4) is 11.5 Å². The van der Waals surface area contributed by atoms with Crippen molar-refractivity contribution in [2.75, 3.05) is 33.9 Å². The number of halogens is 1. The van der Waals surface area contributed by atoms with E-state index < -0.39 is 0 Å². The molecule has 1 aliphatic carbocycles. The second-order valence-corrected chi connectivity index (χ2v) is 8.67. The topological polar surface area (TPSA) is 67.9 Å². The predicted molar refractivity (Wildman–Crippen MR) is 119 cm³/mol. The van der Waals surface area contributed by atoms with Crippen LogP contribution >= 0.6 is 11.6 Å². The maximum Gasteiger partial charge on any atom is 0.253 e. The van der Waals surface area contributed by atoms with Crippen LogP contribution in [0.4, 0.5) is 0 Å². The number of carbonyl (C=O) groups excluding carboxylic acids is 2. The SMILES string of the molecule is COc1ccc(OC)c(C2CN(C(=O)c3cccc(Cl)c3)CC2C(=O)NCC2CC2)c1. The normalized spacial score (nSPS) is 20.4. The molecule has 0 spiro atoms. The zero-order valence-electron chi connectivity index (χ0n) is 17.8. The first-order valence-electron chi connectivity index (χ1n) is 10.5. The number of hydrogen-bond donors (Lipinski definition) is 1. The maximum absolute atomic E-state index is 13.2. The molecule has 164 valence electrons. The Kier molecular flexibility index (Phi) is 6.37. The fraction of sp³-hybridized carbons (Fsp3) is 0.417. The van der Waals surface area contributed by atoms with E-state index in [-0.39, 0.29) is 23.7 Å². The molecule has 1 saturated heterocycles. The van der Waals surface area contributed by atoms with Crippen molar-refractivity contribution in [2.45, 2.75) is 18.8 Å². The molecule has 2 fully saturated rings. The van der Waals surface area contributed by atoms with Crippen LogP contribution in [0.2, 0.25) is 5.02 Å². The van der Waals surface area contributed by atoms with Gasteiger partial charge in [-0.05, 0) is 55.2 Å². The minimum atomic E-state index is -0.372. The third-order valence-electron chi connectivity index (χ3n) is 6.11. The van der Waals surface area contributed by atoms with Crippen LogP contribution in [-0.2, 0) is 4.79 Å². The van der Waals surface area contributed by atoms with Gasteiger partial charge in [0.2, 0.25) is 5.91 Å². The van der Waals surface area contributed by atoms with Gasteiger partial charge in [-0.15, -0.1) is 0 Å². The van der Waals surface area contributed by atoms with Gasteiger partial charge in [-0.3, -0.25) is 9.59 Å². The van der Waals surface area contributed by atoms with Crippen molar-refractivity contribution >= 4 is 23.4 Å². The van der Waals surface area contributed by atoms with Crippen LogP contribution < -0.4 is 14.8 Å². The van der Waals surface area contributed by atoms with Gasteiger partial charge in [-0.1, -0.05) is 17.7 Å². The van der Waals surface area contributed by atoms with Gasteiger partial charge in [-0.25, -0.2) is 0 Å². The van der Waals surface area contributed by atoms with Gasteiger partial charge in [0, 0.05) is 41.7 Å². The molecule has 2 aromatic carbocycles. The number of hydrogen-bond acceptors (Lipinski definition) is 4. The Bertz CT molecular complexity index is 976. The van der Waals surface area contributed by atoms with Crippen LogP contribution in [0, 0.1) is 11.8 Å². The average Bonchev–Trinajstić information content (AvgIpc) is 3.52. The molecule has 31 heavy (non-hydrogen) atoms. The highest BCUT2D eigenvalue weighted by Crippen LogP contribution is 2.40. The minimum Gasteiger partial charge on any atom is -0.497 e. The summed E-state index contributed by atoms with van der Waals surface area (Å²) in [7, 11) is 3.21. The zero-order valence-corrected chi connectivity index (χ0v) is 18.5. The van der Waals surface area contributed by atoms with E-state index in [1.54, 1.807) is 43.4 Å². The predicted octanol–water partition coefficient (Wildman–Crippen LogP) is 3.74. The number of ether oxygens (including phenoxy) is 2. The van der Waals surface area contributed by atoms with Crippen LogP contribution in [0.5, 0.6) is 11.5 Å². The lowest BCUT2D eigenvalue weighted by atomic mass is 9.87. The van der Waals surface area contributed by atoms with E-state index in [9.17, 15) is 9.59 Å². The van der Waals surface area contributed by atoms with E-state index in [0.29, 0.717) is 47.6 Å². The number of nitrogens with one attached hydrogen (secondary N) is 1. The van der Waals surface area contributed by atoms with Crippen LogP contribution in [0.15, 0.2) is 42.5 Å². The smallest absolute Gasteiger partial charge is 0.253 e. The summed E-state index contributed by atoms with van der Waals surface area (Å²) in [5.41, 5.74) is 1.39. The van der Waals surface area contributed by atoms with Gasteiger partial charge >= 0.3 is 0 Å². The number of likely N-dealkylation sites (tertiary alicyclic amines) is 1. The molecule has 1 saturated carbocycles. The monoisotopic (exact) mass is 442 g/mol. The number of nitrogens with zero attached hydrogens (tertiary/aromatic N) is 1. The molecule has 2 aromatic rings. The quantitative estimate of drug-likeness (QED) is 0.709. The Morgan fingerprint density at radius 1 is 1.10 bits per heavy atom. The summed E-state index contributed by atoms with van der Waals surface area (Å²) >= 11 is 6.08. The van der Waals surface area contributed by atoms with E-state index >= 15 is 0 Å². The number of benzene rings is 2. The lowest BCUT2D eigenvalue weighted by Gasteiger charge is -2.21. The molecule has 2 atom stereocenters. The number of carbonyl (C=O) groups is 2. The van der Waals surface area contributed by atoms with E-state index in [4.69, 9.17) is 21.1 Å². The molecule has 6 nitrogen and oxygen atoms in total. The van der Waals surface area contributed by atoms with Crippen molar-refractivity contribution in [2.24, 2.45) is 11.8 Å². The van der Waals surface area contributed by atoms with Crippen LogP contribution in [0.3, 0.4) is 0 Å². The van der Waals surface area contributed by atoms with Crippen LogP contribution in [0.25, 0.3) is 0 Å². The highest BCUT2D eigenvalue weighted by atomic mass is 35.5. The molecule has 0 aromatic heterocycles. The summed E-state index contributed by atoms with van der Waals surface area (Å²) < 4.78 is 11.0. The molecule has 1 N–H and O–H groups in total. The van der Waals surface area contributed by atoms with Gasteiger partial charge in [-0.2, -0.15) is 0 Å². The van der Waals surface area contributed by atoms with Crippen molar-refractivity contribution in [3.63, 3.8) is 0 Å². The largest absolute Gasteiger partial charge is 0.497 e. The molecule has 2 unspecified atom stereocenters. The molecule has 0 bridgehead atoms. The lowest BCUT2D eigenvalue weighted by molar-refractivity contribution is -0.125. The Morgan fingerprint density at radius 2 is 1.90 bits per heavy atom. The number of rotatable bonds is 7. The average molecular weight is 443 g/mol. The van der Waals surface area contributed by atoms with Gasteiger partial charge in [0.15, 0.2) is 0 Å². The van der Waals surface area contributed by atoms with E-state index in [1.165, 1.54) is 0 Å². The standard InChI is InChI=1S/C24H27ClN2O4/c1-30-18-8-9-22(31-2)19(11-18)20-13-27(24(29)16-4-3-5-17(25)10-16)14-21(20)23(28)26-12-15-6-7-15/h3-5,8-11,15,20-21H,6-7,12-14H2,1-2H3,(H,26,28). The molecular weight excluding hydrogens is 416 g/mol. The van der Waals surface area contributed by atoms with Gasteiger partial charge in [0.1, 0.15) is 11.5 Å². The summed E-state index contributed by atoms with van der Waals surface area (Å²) in [5, 5.41) is 3.60. The van der Waals surface area contributed by atoms with E-state index in [2.05, 4.69) is 5.32 Å². The van der Waals surface area contributed by atoms with E-state index in [0.717, 1.165) is 18.4 Å². The Hall–Kier alpha value is -2.73. The first kappa shape index (κ1) is 21.5. The first-order valence-corrected chi connectivity index (χ1v) is 10.9. The summed E-state index contributed by atoms with van der Waals surface area (Å²) in [6, 6.07) is 12.5. The molecule has 4 rings (SSSR count). The van der Waals surface area contributed by atoms with Gasteiger partial charge in [0.25, 0.3) is 5.91 Å². The summed E-state index contributed by atoms with van der Waals surface area (Å²) in [5.74, 6) is 1.22. The third-order valence-corrected chi connectivity index (χ3v) is 6.35. The maximum atomic E-state index is 13.2. The van der Waals surface area contributed by atoms with Crippen molar-refractivity contribution < 1.29 is 19.1 Å². The summed E-state index contributed by atoms with van der Waals surface area (Å²) in [4.78, 5) is 28.0. The summed E-state index contributed by atoms with van der Waals surface area (Å²) in [6.07, 6.45) is 2.33. The van der Waals surface area contributed by atoms with Gasteiger partial charge in [0.05, 0.1) is 20.1 Å². The number of methoxy groups -OCH3 is 2. The van der Waals surface area contributed by atoms with E-state index in [1.807, 2.05) is 18.2 Å². The molecule has 1 heterocycles. The molecule has 2 aliphatic rings. The zero-order chi connectivity index (χ0) is 22.0. The minimum absolute atomic E-state index is 0.0248. The van der Waals surface area contributed by atoms with Crippen molar-refractivity contribution in [1.82, 2.24) is 10.2 Å². The summed E-state index contributed by atoms with van der Waals surface area (Å²) in [6.45, 7) is 1.45.